The summed E-state index contributed by atoms with van der Waals surface area (Å²) >= 11 is 24.7. The Morgan fingerprint density at radius 3 is 2.41 bits per heavy atom. The third-order valence-electron chi connectivity index (χ3n) is 5.16. The predicted octanol–water partition coefficient (Wildman–Crippen LogP) is 7.59. The average Bonchev–Trinajstić information content (AvgIpc) is 3.38. The van der Waals surface area contributed by atoms with E-state index in [-0.39, 0.29) is 12.4 Å². The molecule has 6 nitrogen and oxygen atoms in total. The molecule has 0 aliphatic carbocycles. The van der Waals surface area contributed by atoms with Gasteiger partial charge in [-0.2, -0.15) is 5.10 Å². The average molecular weight is 539 g/mol. The molecule has 0 aliphatic heterocycles. The van der Waals surface area contributed by atoms with Crippen LogP contribution in [0.1, 0.15) is 33.3 Å². The molecule has 0 unspecified atom stereocenters. The van der Waals surface area contributed by atoms with E-state index in [9.17, 15) is 4.79 Å². The summed E-state index contributed by atoms with van der Waals surface area (Å²) in [5, 5.41) is 9.21. The summed E-state index contributed by atoms with van der Waals surface area (Å²) < 4.78 is 13.0. The Hall–Kier alpha value is -2.64. The summed E-state index contributed by atoms with van der Waals surface area (Å²) in [6, 6.07) is 13.7. The van der Waals surface area contributed by atoms with Crippen molar-refractivity contribution < 1.29 is 13.9 Å². The SMILES string of the molecule is Cc1nn(Cc2c(Cl)cccc2Cl)c(C)c1NC(=O)c1ccc(COc2cccc(Cl)c2Cl)o1. The number of hydrogen-bond acceptors (Lipinski definition) is 4. The molecule has 0 fully saturated rings. The van der Waals surface area contributed by atoms with Crippen LogP contribution in [0.5, 0.6) is 5.75 Å². The highest BCUT2D eigenvalue weighted by Gasteiger charge is 2.19. The molecule has 0 aliphatic rings. The van der Waals surface area contributed by atoms with Gasteiger partial charge in [0, 0.05) is 15.6 Å². The Labute approximate surface area is 216 Å². The molecule has 10 heteroatoms. The molecule has 0 radical (unpaired) electrons. The van der Waals surface area contributed by atoms with Gasteiger partial charge in [0.05, 0.1) is 28.6 Å². The molecular formula is C24H19Cl4N3O3. The molecule has 1 N–H and O–H groups in total. The number of ether oxygens (including phenoxy) is 1. The summed E-state index contributed by atoms with van der Waals surface area (Å²) in [5.41, 5.74) is 2.75. The van der Waals surface area contributed by atoms with E-state index < -0.39 is 5.91 Å². The normalized spacial score (nSPS) is 11.0. The van der Waals surface area contributed by atoms with E-state index in [2.05, 4.69) is 10.4 Å². The zero-order chi connectivity index (χ0) is 24.4. The maximum atomic E-state index is 12.8. The zero-order valence-electron chi connectivity index (χ0n) is 18.2. The zero-order valence-corrected chi connectivity index (χ0v) is 21.2. The van der Waals surface area contributed by atoms with Crippen LogP contribution < -0.4 is 10.1 Å². The van der Waals surface area contributed by atoms with Gasteiger partial charge < -0.3 is 14.5 Å². The first-order valence-electron chi connectivity index (χ1n) is 10.2. The number of nitrogens with zero attached hydrogens (tertiary/aromatic N) is 2. The minimum atomic E-state index is -0.409. The van der Waals surface area contributed by atoms with Crippen LogP contribution in [0.2, 0.25) is 20.1 Å². The topological polar surface area (TPSA) is 69.3 Å². The fourth-order valence-electron chi connectivity index (χ4n) is 3.36. The van der Waals surface area contributed by atoms with E-state index in [0.29, 0.717) is 49.5 Å². The fourth-order valence-corrected chi connectivity index (χ4v) is 4.23. The Morgan fingerprint density at radius 2 is 1.68 bits per heavy atom. The maximum Gasteiger partial charge on any atom is 0.291 e. The number of nitrogens with one attached hydrogen (secondary N) is 1. The summed E-state index contributed by atoms with van der Waals surface area (Å²) in [4.78, 5) is 12.8. The molecule has 0 bridgehead atoms. The van der Waals surface area contributed by atoms with Crippen molar-refractivity contribution in [1.29, 1.82) is 0 Å². The smallest absolute Gasteiger partial charge is 0.291 e. The highest BCUT2D eigenvalue weighted by atomic mass is 35.5. The van der Waals surface area contributed by atoms with Gasteiger partial charge in [-0.05, 0) is 50.2 Å². The lowest BCUT2D eigenvalue weighted by Gasteiger charge is -2.09. The van der Waals surface area contributed by atoms with Gasteiger partial charge in [0.2, 0.25) is 0 Å². The first-order chi connectivity index (χ1) is 16.2. The lowest BCUT2D eigenvalue weighted by molar-refractivity contribution is 0.0992. The van der Waals surface area contributed by atoms with Crippen molar-refractivity contribution in [2.45, 2.75) is 27.0 Å². The molecule has 34 heavy (non-hydrogen) atoms. The highest BCUT2D eigenvalue weighted by molar-refractivity contribution is 6.42. The van der Waals surface area contributed by atoms with Gasteiger partial charge in [-0.25, -0.2) is 0 Å². The number of anilines is 1. The monoisotopic (exact) mass is 537 g/mol. The number of rotatable bonds is 7. The van der Waals surface area contributed by atoms with Gasteiger partial charge in [0.15, 0.2) is 5.76 Å². The number of benzene rings is 2. The summed E-state index contributed by atoms with van der Waals surface area (Å²) in [6.45, 7) is 4.12. The van der Waals surface area contributed by atoms with Crippen molar-refractivity contribution in [2.24, 2.45) is 0 Å². The molecule has 2 heterocycles. The van der Waals surface area contributed by atoms with Crippen molar-refractivity contribution >= 4 is 58.0 Å². The number of hydrogen-bond donors (Lipinski definition) is 1. The lowest BCUT2D eigenvalue weighted by Crippen LogP contribution is -2.12. The molecule has 176 valence electrons. The van der Waals surface area contributed by atoms with Crippen molar-refractivity contribution in [3.05, 3.63) is 97.1 Å². The van der Waals surface area contributed by atoms with Crippen LogP contribution in [-0.2, 0) is 13.2 Å². The molecule has 2 aromatic carbocycles. The molecule has 1 amide bonds. The van der Waals surface area contributed by atoms with E-state index in [4.69, 9.17) is 55.6 Å². The van der Waals surface area contributed by atoms with Crippen LogP contribution in [0.15, 0.2) is 52.9 Å². The van der Waals surface area contributed by atoms with Crippen LogP contribution in [0, 0.1) is 13.8 Å². The maximum absolute atomic E-state index is 12.8. The third kappa shape index (κ3) is 5.20. The van der Waals surface area contributed by atoms with Crippen LogP contribution in [0.4, 0.5) is 5.69 Å². The van der Waals surface area contributed by atoms with Crippen LogP contribution in [-0.4, -0.2) is 15.7 Å². The van der Waals surface area contributed by atoms with Gasteiger partial charge in [-0.15, -0.1) is 0 Å². The second kappa shape index (κ2) is 10.3. The van der Waals surface area contributed by atoms with Crippen molar-refractivity contribution in [1.82, 2.24) is 9.78 Å². The van der Waals surface area contributed by atoms with Crippen LogP contribution in [0.3, 0.4) is 0 Å². The predicted molar refractivity (Wildman–Crippen MR) is 135 cm³/mol. The summed E-state index contributed by atoms with van der Waals surface area (Å²) in [7, 11) is 0. The second-order valence-corrected chi connectivity index (χ2v) is 9.06. The standard InChI is InChI=1S/C24H19Cl4N3O3/c1-13-23(14(2)31(30-13)11-16-17(25)5-3-6-18(16)26)29-24(32)21-10-9-15(34-21)12-33-20-8-4-7-19(27)22(20)28/h3-10H,11-12H2,1-2H3,(H,29,32). The largest absolute Gasteiger partial charge is 0.484 e. The number of carbonyl (C=O) groups excluding carboxylic acids is 1. The fraction of sp³-hybridized carbons (Fsp3) is 0.167. The second-order valence-electron chi connectivity index (χ2n) is 7.46. The number of aromatic nitrogens is 2. The summed E-state index contributed by atoms with van der Waals surface area (Å²) in [5.74, 6) is 0.609. The van der Waals surface area contributed by atoms with Crippen molar-refractivity contribution in [3.8, 4) is 5.75 Å². The highest BCUT2D eigenvalue weighted by Crippen LogP contribution is 2.32. The molecule has 4 aromatic rings. The molecule has 0 saturated heterocycles. The quantitative estimate of drug-likeness (QED) is 0.263. The van der Waals surface area contributed by atoms with Crippen molar-refractivity contribution in [3.63, 3.8) is 0 Å². The molecule has 4 rings (SSSR count). The number of aryl methyl sites for hydroxylation is 1. The number of amides is 1. The van der Waals surface area contributed by atoms with Gasteiger partial charge >= 0.3 is 0 Å². The minimum Gasteiger partial charge on any atom is -0.484 e. The Balaban J connectivity index is 1.45. The van der Waals surface area contributed by atoms with Crippen LogP contribution in [0.25, 0.3) is 0 Å². The van der Waals surface area contributed by atoms with Gasteiger partial charge in [0.25, 0.3) is 5.91 Å². The molecule has 0 saturated carbocycles. The Kier molecular flexibility index (Phi) is 7.43. The summed E-state index contributed by atoms with van der Waals surface area (Å²) in [6.07, 6.45) is 0. The van der Waals surface area contributed by atoms with Crippen molar-refractivity contribution in [2.75, 3.05) is 5.32 Å². The lowest BCUT2D eigenvalue weighted by atomic mass is 10.2. The van der Waals surface area contributed by atoms with Gasteiger partial charge in [-0.1, -0.05) is 58.5 Å². The first kappa shape index (κ1) is 24.5. The number of carbonyl (C=O) groups is 1. The molecular weight excluding hydrogens is 520 g/mol. The first-order valence-corrected chi connectivity index (χ1v) is 11.7. The molecule has 0 atom stereocenters. The molecule has 2 aromatic heterocycles. The number of furan rings is 1. The van der Waals surface area contributed by atoms with Gasteiger partial charge in [-0.3, -0.25) is 9.48 Å². The van der Waals surface area contributed by atoms with E-state index in [1.165, 1.54) is 0 Å². The van der Waals surface area contributed by atoms with E-state index in [1.54, 1.807) is 53.2 Å². The minimum absolute atomic E-state index is 0.0852. The van der Waals surface area contributed by atoms with E-state index >= 15 is 0 Å². The molecule has 0 spiro atoms. The van der Waals surface area contributed by atoms with E-state index in [1.807, 2.05) is 13.8 Å². The van der Waals surface area contributed by atoms with E-state index in [0.717, 1.165) is 11.3 Å². The third-order valence-corrected chi connectivity index (χ3v) is 6.67. The Morgan fingerprint density at radius 1 is 1.00 bits per heavy atom. The van der Waals surface area contributed by atoms with Crippen LogP contribution >= 0.6 is 46.4 Å². The Bertz CT molecular complexity index is 1340. The van der Waals surface area contributed by atoms with Gasteiger partial charge in [0.1, 0.15) is 23.1 Å². The number of halogens is 4.